The fraction of sp³-hybridized carbons (Fsp3) is 0.0588. The third-order valence-electron chi connectivity index (χ3n) is 3.56. The number of halogens is 1. The highest BCUT2D eigenvalue weighted by atomic mass is 79.9. The largest absolute Gasteiger partial charge is 0.345 e. The average Bonchev–Trinajstić information content (AvgIpc) is 3.14. The summed E-state index contributed by atoms with van der Waals surface area (Å²) in [6.45, 7) is 0.145. The zero-order chi connectivity index (χ0) is 19.2. The maximum absolute atomic E-state index is 12.0. The zero-order valence-corrected chi connectivity index (χ0v) is 15.4. The molecule has 3 rings (SSSR count). The first-order valence-corrected chi connectivity index (χ1v) is 8.56. The van der Waals surface area contributed by atoms with Crippen molar-refractivity contribution < 1.29 is 9.72 Å². The first-order chi connectivity index (χ1) is 13.0. The summed E-state index contributed by atoms with van der Waals surface area (Å²) in [6, 6.07) is 13.3. The maximum atomic E-state index is 12.0. The van der Waals surface area contributed by atoms with Gasteiger partial charge >= 0.3 is 0 Å². The highest BCUT2D eigenvalue weighted by molar-refractivity contribution is 9.10. The minimum Gasteiger partial charge on any atom is -0.345 e. The Kier molecular flexibility index (Phi) is 5.67. The van der Waals surface area contributed by atoms with Gasteiger partial charge in [0.25, 0.3) is 5.69 Å². The van der Waals surface area contributed by atoms with Crippen LogP contribution in [0.15, 0.2) is 59.1 Å². The number of hydrogen-bond acceptors (Lipinski definition) is 6. The smallest absolute Gasteiger partial charge is 0.269 e. The third kappa shape index (κ3) is 4.82. The highest BCUT2D eigenvalue weighted by Gasteiger charge is 2.09. The highest BCUT2D eigenvalue weighted by Crippen LogP contribution is 2.14. The van der Waals surface area contributed by atoms with Gasteiger partial charge in [0, 0.05) is 22.7 Å². The van der Waals surface area contributed by atoms with Gasteiger partial charge < -0.3 is 5.32 Å². The molecule has 136 valence electrons. The number of nitrogens with zero attached hydrogens (tertiary/aromatic N) is 5. The molecule has 1 amide bonds. The van der Waals surface area contributed by atoms with Crippen LogP contribution in [0.1, 0.15) is 11.4 Å². The monoisotopic (exact) mass is 428 g/mol. The quantitative estimate of drug-likeness (QED) is 0.366. The molecule has 2 aromatic carbocycles. The summed E-state index contributed by atoms with van der Waals surface area (Å²) in [5.74, 6) is 0.146. The lowest BCUT2D eigenvalue weighted by atomic mass is 10.2. The van der Waals surface area contributed by atoms with Gasteiger partial charge in [-0.25, -0.2) is 0 Å². The number of carbonyl (C=O) groups excluding carboxylic acids is 1. The molecule has 0 aliphatic heterocycles. The Morgan fingerprint density at radius 2 is 1.89 bits per heavy atom. The molecular formula is C17H13BrN6O3. The summed E-state index contributed by atoms with van der Waals surface area (Å²) in [4.78, 5) is 22.1. The van der Waals surface area contributed by atoms with Gasteiger partial charge in [-0.2, -0.15) is 4.68 Å². The van der Waals surface area contributed by atoms with E-state index < -0.39 is 4.92 Å². The van der Waals surface area contributed by atoms with Crippen LogP contribution in [0.5, 0.6) is 0 Å². The van der Waals surface area contributed by atoms with Crippen molar-refractivity contribution in [1.29, 1.82) is 0 Å². The van der Waals surface area contributed by atoms with Crippen LogP contribution in [0.2, 0.25) is 0 Å². The van der Waals surface area contributed by atoms with Crippen molar-refractivity contribution >= 4 is 33.6 Å². The van der Waals surface area contributed by atoms with Crippen molar-refractivity contribution in [3.8, 4) is 5.69 Å². The van der Waals surface area contributed by atoms with Gasteiger partial charge in [0.15, 0.2) is 5.82 Å². The molecule has 0 aliphatic rings. The van der Waals surface area contributed by atoms with Crippen molar-refractivity contribution in [1.82, 2.24) is 25.5 Å². The van der Waals surface area contributed by atoms with E-state index in [-0.39, 0.29) is 18.1 Å². The molecule has 0 spiro atoms. The van der Waals surface area contributed by atoms with Crippen LogP contribution < -0.4 is 5.32 Å². The Morgan fingerprint density at radius 3 is 2.56 bits per heavy atom. The summed E-state index contributed by atoms with van der Waals surface area (Å²) in [6.07, 6.45) is 2.91. The molecular weight excluding hydrogens is 416 g/mol. The lowest BCUT2D eigenvalue weighted by Crippen LogP contribution is -2.22. The molecule has 3 aromatic rings. The number of tetrazole rings is 1. The standard InChI is InChI=1S/C17H13BrN6O3/c18-13-4-8-14(9-5-13)23-16(20-21-22-23)11-19-17(25)10-3-12-1-6-15(7-2-12)24(26)27/h1-10H,11H2,(H,19,25)/b10-3+. The van der Waals surface area contributed by atoms with Crippen molar-refractivity contribution in [2.45, 2.75) is 6.54 Å². The lowest BCUT2D eigenvalue weighted by Gasteiger charge is -2.05. The molecule has 0 fully saturated rings. The van der Waals surface area contributed by atoms with E-state index in [0.29, 0.717) is 11.4 Å². The number of nitro benzene ring substituents is 1. The Balaban J connectivity index is 1.60. The van der Waals surface area contributed by atoms with Crippen molar-refractivity contribution in [2.24, 2.45) is 0 Å². The number of nitro groups is 1. The molecule has 0 saturated heterocycles. The molecule has 0 bridgehead atoms. The number of hydrogen-bond donors (Lipinski definition) is 1. The topological polar surface area (TPSA) is 116 Å². The third-order valence-corrected chi connectivity index (χ3v) is 4.09. The van der Waals surface area contributed by atoms with E-state index in [1.807, 2.05) is 24.3 Å². The van der Waals surface area contributed by atoms with Gasteiger partial charge in [0.1, 0.15) is 0 Å². The van der Waals surface area contributed by atoms with Gasteiger partial charge in [0.2, 0.25) is 5.91 Å². The van der Waals surface area contributed by atoms with Gasteiger partial charge in [-0.1, -0.05) is 15.9 Å². The molecule has 0 radical (unpaired) electrons. The second kappa shape index (κ2) is 8.32. The van der Waals surface area contributed by atoms with Crippen LogP contribution in [0.25, 0.3) is 11.8 Å². The number of nitrogens with one attached hydrogen (secondary N) is 1. The van der Waals surface area contributed by atoms with Crippen LogP contribution in [0, 0.1) is 10.1 Å². The maximum Gasteiger partial charge on any atom is 0.269 e. The average molecular weight is 429 g/mol. The number of non-ortho nitro benzene ring substituents is 1. The van der Waals surface area contributed by atoms with Crippen LogP contribution in [0.3, 0.4) is 0 Å². The van der Waals surface area contributed by atoms with Gasteiger partial charge in [-0.15, -0.1) is 5.10 Å². The molecule has 0 atom stereocenters. The zero-order valence-electron chi connectivity index (χ0n) is 13.8. The van der Waals surface area contributed by atoms with Crippen molar-refractivity contribution in [2.75, 3.05) is 0 Å². The van der Waals surface area contributed by atoms with E-state index >= 15 is 0 Å². The number of aromatic nitrogens is 4. The molecule has 0 unspecified atom stereocenters. The molecule has 0 aliphatic carbocycles. The first-order valence-electron chi connectivity index (χ1n) is 7.76. The Bertz CT molecular complexity index is 983. The Hall–Kier alpha value is -3.40. The fourth-order valence-electron chi connectivity index (χ4n) is 2.20. The van der Waals surface area contributed by atoms with Gasteiger partial charge in [0.05, 0.1) is 17.2 Å². The summed E-state index contributed by atoms with van der Waals surface area (Å²) in [5.41, 5.74) is 1.45. The summed E-state index contributed by atoms with van der Waals surface area (Å²) in [5, 5.41) is 24.8. The first kappa shape index (κ1) is 18.4. The van der Waals surface area contributed by atoms with Gasteiger partial charge in [-0.3, -0.25) is 14.9 Å². The van der Waals surface area contributed by atoms with Gasteiger partial charge in [-0.05, 0) is 58.5 Å². The predicted molar refractivity (Wildman–Crippen MR) is 101 cm³/mol. The molecule has 27 heavy (non-hydrogen) atoms. The SMILES string of the molecule is O=C(/C=C/c1ccc([N+](=O)[O-])cc1)NCc1nnnn1-c1ccc(Br)cc1. The van der Waals surface area contributed by atoms with Crippen LogP contribution in [-0.4, -0.2) is 31.0 Å². The Morgan fingerprint density at radius 1 is 1.19 bits per heavy atom. The second-order valence-corrected chi connectivity index (χ2v) is 6.30. The van der Waals surface area contributed by atoms with E-state index in [1.165, 1.54) is 22.9 Å². The molecule has 1 aromatic heterocycles. The van der Waals surface area contributed by atoms with E-state index in [9.17, 15) is 14.9 Å². The Labute approximate surface area is 162 Å². The van der Waals surface area contributed by atoms with Crippen LogP contribution in [-0.2, 0) is 11.3 Å². The summed E-state index contributed by atoms with van der Waals surface area (Å²) < 4.78 is 2.47. The van der Waals surface area contributed by atoms with Crippen LogP contribution >= 0.6 is 15.9 Å². The molecule has 1 heterocycles. The van der Waals surface area contributed by atoms with E-state index in [2.05, 4.69) is 36.8 Å². The minimum absolute atomic E-state index is 0.00335. The lowest BCUT2D eigenvalue weighted by molar-refractivity contribution is -0.384. The minimum atomic E-state index is -0.476. The molecule has 1 N–H and O–H groups in total. The number of benzene rings is 2. The molecule has 0 saturated carbocycles. The second-order valence-electron chi connectivity index (χ2n) is 5.38. The van der Waals surface area contributed by atoms with Crippen LogP contribution in [0.4, 0.5) is 5.69 Å². The van der Waals surface area contributed by atoms with Crippen molar-refractivity contribution in [3.05, 3.63) is 80.6 Å². The van der Waals surface area contributed by atoms with Crippen molar-refractivity contribution in [3.63, 3.8) is 0 Å². The predicted octanol–water partition coefficient (Wildman–Crippen LogP) is 2.66. The summed E-state index contributed by atoms with van der Waals surface area (Å²) in [7, 11) is 0. The fourth-order valence-corrected chi connectivity index (χ4v) is 2.47. The number of amides is 1. The van der Waals surface area contributed by atoms with E-state index in [0.717, 1.165) is 10.2 Å². The van der Waals surface area contributed by atoms with E-state index in [4.69, 9.17) is 0 Å². The summed E-state index contributed by atoms with van der Waals surface area (Å²) >= 11 is 3.37. The number of rotatable bonds is 6. The number of carbonyl (C=O) groups is 1. The molecule has 10 heteroatoms. The van der Waals surface area contributed by atoms with E-state index in [1.54, 1.807) is 18.2 Å². The normalized spacial score (nSPS) is 10.9. The molecule has 9 nitrogen and oxygen atoms in total.